The fourth-order valence-corrected chi connectivity index (χ4v) is 2.46. The number of halogens is 4. The van der Waals surface area contributed by atoms with E-state index in [1.807, 2.05) is 27.7 Å². The van der Waals surface area contributed by atoms with Crippen molar-refractivity contribution in [3.63, 3.8) is 0 Å². The molecule has 3 nitrogen and oxygen atoms in total. The minimum Gasteiger partial charge on any atom is -0.399 e. The van der Waals surface area contributed by atoms with E-state index in [1.54, 1.807) is 18.2 Å². The highest BCUT2D eigenvalue weighted by atomic mass is 35.5. The van der Waals surface area contributed by atoms with E-state index in [1.165, 1.54) is 0 Å². The van der Waals surface area contributed by atoms with Gasteiger partial charge in [0, 0.05) is 5.02 Å². The zero-order valence-electron chi connectivity index (χ0n) is 14.3. The van der Waals surface area contributed by atoms with Gasteiger partial charge < -0.3 is 14.0 Å². The van der Waals surface area contributed by atoms with E-state index in [9.17, 15) is 13.2 Å². The molecule has 1 unspecified atom stereocenters. The first kappa shape index (κ1) is 19.6. The van der Waals surface area contributed by atoms with Crippen LogP contribution in [-0.4, -0.2) is 30.6 Å². The van der Waals surface area contributed by atoms with E-state index < -0.39 is 30.6 Å². The Hall–Kier alpha value is -0.755. The summed E-state index contributed by atoms with van der Waals surface area (Å²) in [6, 6.07) is 4.94. The van der Waals surface area contributed by atoms with Crippen molar-refractivity contribution >= 4 is 24.2 Å². The molecule has 1 atom stereocenters. The lowest BCUT2D eigenvalue weighted by atomic mass is 9.78. The Labute approximate surface area is 145 Å². The Morgan fingerprint density at radius 2 is 1.67 bits per heavy atom. The number of alkyl halides is 3. The molecule has 1 aliphatic rings. The zero-order chi connectivity index (χ0) is 18.3. The Balaban J connectivity index is 2.15. The average Bonchev–Trinajstić information content (AvgIpc) is 2.63. The summed E-state index contributed by atoms with van der Waals surface area (Å²) in [5, 5.41) is 0.389. The van der Waals surface area contributed by atoms with Crippen LogP contribution in [-0.2, 0) is 20.7 Å². The standard InChI is InChI=1S/C16H21BClF3O3/c1-10(16(19,20)21)22-9-11-6-12(8-13(18)7-11)17-23-14(2,3)15(4,5)24-17/h6-8,10H,9H2,1-5H3. The third-order valence-corrected chi connectivity index (χ3v) is 4.68. The van der Waals surface area contributed by atoms with Crippen LogP contribution in [0.2, 0.25) is 5.02 Å². The van der Waals surface area contributed by atoms with Crippen molar-refractivity contribution in [2.75, 3.05) is 0 Å². The van der Waals surface area contributed by atoms with Crippen LogP contribution in [0.25, 0.3) is 0 Å². The number of rotatable bonds is 4. The maximum absolute atomic E-state index is 12.5. The van der Waals surface area contributed by atoms with Crippen LogP contribution < -0.4 is 5.46 Å². The molecule has 0 aliphatic carbocycles. The highest BCUT2D eigenvalue weighted by Gasteiger charge is 2.51. The van der Waals surface area contributed by atoms with E-state index >= 15 is 0 Å². The van der Waals surface area contributed by atoms with Gasteiger partial charge in [-0.25, -0.2) is 0 Å². The van der Waals surface area contributed by atoms with Gasteiger partial charge in [-0.05, 0) is 57.8 Å². The number of ether oxygens (including phenoxy) is 1. The van der Waals surface area contributed by atoms with Crippen LogP contribution >= 0.6 is 11.6 Å². The molecule has 24 heavy (non-hydrogen) atoms. The van der Waals surface area contributed by atoms with Crippen LogP contribution in [0.3, 0.4) is 0 Å². The molecule has 134 valence electrons. The quantitative estimate of drug-likeness (QED) is 0.753. The van der Waals surface area contributed by atoms with E-state index in [4.69, 9.17) is 25.6 Å². The zero-order valence-corrected chi connectivity index (χ0v) is 15.1. The van der Waals surface area contributed by atoms with Gasteiger partial charge >= 0.3 is 13.3 Å². The summed E-state index contributed by atoms with van der Waals surface area (Å²) in [6.07, 6.45) is -6.25. The van der Waals surface area contributed by atoms with Gasteiger partial charge in [-0.3, -0.25) is 0 Å². The van der Waals surface area contributed by atoms with E-state index in [0.29, 0.717) is 16.0 Å². The third kappa shape index (κ3) is 4.25. The number of hydrogen-bond acceptors (Lipinski definition) is 3. The van der Waals surface area contributed by atoms with Gasteiger partial charge in [0.05, 0.1) is 17.8 Å². The molecule has 1 fully saturated rings. The van der Waals surface area contributed by atoms with Crippen molar-refractivity contribution in [2.24, 2.45) is 0 Å². The first-order valence-electron chi connectivity index (χ1n) is 7.65. The predicted octanol–water partition coefficient (Wildman–Crippen LogP) is 4.11. The summed E-state index contributed by atoms with van der Waals surface area (Å²) in [4.78, 5) is 0. The van der Waals surface area contributed by atoms with E-state index in [-0.39, 0.29) is 6.61 Å². The first-order valence-corrected chi connectivity index (χ1v) is 8.03. The van der Waals surface area contributed by atoms with Gasteiger partial charge in [-0.2, -0.15) is 13.2 Å². The summed E-state index contributed by atoms with van der Waals surface area (Å²) in [6.45, 7) is 8.46. The Morgan fingerprint density at radius 3 is 2.17 bits per heavy atom. The van der Waals surface area contributed by atoms with Crippen LogP contribution in [0.15, 0.2) is 18.2 Å². The van der Waals surface area contributed by atoms with Gasteiger partial charge in [0.1, 0.15) is 0 Å². The molecule has 0 radical (unpaired) electrons. The molecule has 0 saturated carbocycles. The molecule has 0 spiro atoms. The maximum Gasteiger partial charge on any atom is 0.494 e. The van der Waals surface area contributed by atoms with Crippen molar-refractivity contribution in [3.05, 3.63) is 28.8 Å². The SMILES string of the molecule is CC(OCc1cc(Cl)cc(B2OC(C)(C)C(C)(C)O2)c1)C(F)(F)F. The van der Waals surface area contributed by atoms with Gasteiger partial charge in [-0.1, -0.05) is 17.7 Å². The second-order valence-electron chi connectivity index (χ2n) is 6.98. The number of hydrogen-bond donors (Lipinski definition) is 0. The summed E-state index contributed by atoms with van der Waals surface area (Å²) < 4.78 is 54.4. The van der Waals surface area contributed by atoms with Crippen LogP contribution in [0.1, 0.15) is 40.2 Å². The lowest BCUT2D eigenvalue weighted by Crippen LogP contribution is -2.41. The minimum absolute atomic E-state index is 0.201. The first-order chi connectivity index (χ1) is 10.8. The molecular weight excluding hydrogens is 343 g/mol. The monoisotopic (exact) mass is 364 g/mol. The third-order valence-electron chi connectivity index (χ3n) is 4.47. The summed E-state index contributed by atoms with van der Waals surface area (Å²) in [5.74, 6) is 0. The average molecular weight is 365 g/mol. The predicted molar refractivity (Wildman–Crippen MR) is 87.5 cm³/mol. The Bertz CT molecular complexity index is 589. The summed E-state index contributed by atoms with van der Waals surface area (Å²) >= 11 is 6.09. The Morgan fingerprint density at radius 1 is 1.12 bits per heavy atom. The van der Waals surface area contributed by atoms with Crippen molar-refractivity contribution in [3.8, 4) is 0 Å². The molecule has 1 aromatic carbocycles. The fourth-order valence-electron chi connectivity index (χ4n) is 2.19. The molecule has 0 N–H and O–H groups in total. The highest BCUT2D eigenvalue weighted by Crippen LogP contribution is 2.36. The van der Waals surface area contributed by atoms with E-state index in [2.05, 4.69) is 0 Å². The van der Waals surface area contributed by atoms with Crippen molar-refractivity contribution < 1.29 is 27.2 Å². The van der Waals surface area contributed by atoms with Crippen molar-refractivity contribution in [1.82, 2.24) is 0 Å². The van der Waals surface area contributed by atoms with Gasteiger partial charge in [0.2, 0.25) is 0 Å². The molecule has 0 bridgehead atoms. The smallest absolute Gasteiger partial charge is 0.399 e. The molecular formula is C16H21BClF3O3. The molecule has 1 aliphatic heterocycles. The molecule has 1 saturated heterocycles. The highest BCUT2D eigenvalue weighted by molar-refractivity contribution is 6.62. The molecule has 1 heterocycles. The topological polar surface area (TPSA) is 27.7 Å². The van der Waals surface area contributed by atoms with Crippen LogP contribution in [0, 0.1) is 0 Å². The fraction of sp³-hybridized carbons (Fsp3) is 0.625. The van der Waals surface area contributed by atoms with E-state index in [0.717, 1.165) is 6.92 Å². The van der Waals surface area contributed by atoms with Gasteiger partial charge in [0.15, 0.2) is 6.10 Å². The molecule has 8 heteroatoms. The van der Waals surface area contributed by atoms with Crippen LogP contribution in [0.4, 0.5) is 13.2 Å². The summed E-state index contributed by atoms with van der Waals surface area (Å²) in [5.41, 5.74) is 0.158. The molecule has 0 aromatic heterocycles. The molecule has 1 aromatic rings. The van der Waals surface area contributed by atoms with Gasteiger partial charge in [-0.15, -0.1) is 0 Å². The minimum atomic E-state index is -4.40. The van der Waals surface area contributed by atoms with Crippen molar-refractivity contribution in [1.29, 1.82) is 0 Å². The maximum atomic E-state index is 12.5. The lowest BCUT2D eigenvalue weighted by molar-refractivity contribution is -0.217. The van der Waals surface area contributed by atoms with Gasteiger partial charge in [0.25, 0.3) is 0 Å². The largest absolute Gasteiger partial charge is 0.494 e. The molecule has 2 rings (SSSR count). The molecule has 0 amide bonds. The summed E-state index contributed by atoms with van der Waals surface area (Å²) in [7, 11) is -0.632. The lowest BCUT2D eigenvalue weighted by Gasteiger charge is -2.32. The second-order valence-corrected chi connectivity index (χ2v) is 7.41. The second kappa shape index (κ2) is 6.52. The van der Waals surface area contributed by atoms with Crippen molar-refractivity contribution in [2.45, 2.75) is 64.7 Å². The van der Waals surface area contributed by atoms with Crippen LogP contribution in [0.5, 0.6) is 0 Å². The Kier molecular flexibility index (Phi) is 5.32. The number of benzene rings is 1. The normalized spacial score (nSPS) is 21.1.